The second-order valence-electron chi connectivity index (χ2n) is 6.84. The molecule has 0 saturated carbocycles. The van der Waals surface area contributed by atoms with Gasteiger partial charge in [-0.1, -0.05) is 27.2 Å². The Kier molecular flexibility index (Phi) is 5.06. The maximum absolute atomic E-state index is 5.50. The lowest BCUT2D eigenvalue weighted by molar-refractivity contribution is 0.112. The molecule has 0 bridgehead atoms. The minimum atomic E-state index is 0.299. The molecule has 0 unspecified atom stereocenters. The Morgan fingerprint density at radius 1 is 1.04 bits per heavy atom. The van der Waals surface area contributed by atoms with Crippen molar-refractivity contribution in [3.8, 4) is 22.2 Å². The molecule has 2 aromatic heterocycles. The molecule has 7 nitrogen and oxygen atoms in total. The smallest absolute Gasteiger partial charge is 0.241 e. The molecule has 3 aromatic rings. The number of aromatic nitrogens is 2. The molecule has 1 saturated heterocycles. The fourth-order valence-electron chi connectivity index (χ4n) is 3.44. The van der Waals surface area contributed by atoms with Gasteiger partial charge in [-0.25, -0.2) is 0 Å². The Hall–Kier alpha value is -1.94. The van der Waals surface area contributed by atoms with E-state index >= 15 is 0 Å². The number of rotatable bonds is 5. The topological polar surface area (TPSA) is 63.9 Å². The molecular formula is C19H19BrN4O3S. The molecule has 0 spiro atoms. The Morgan fingerprint density at radius 2 is 1.79 bits per heavy atom. The van der Waals surface area contributed by atoms with Gasteiger partial charge in [0, 0.05) is 37.2 Å². The number of nitrogens with zero attached hydrogens (tertiary/aromatic N) is 4. The molecule has 2 aliphatic rings. The molecule has 0 radical (unpaired) electrons. The third-order valence-electron chi connectivity index (χ3n) is 4.97. The first-order valence-electron chi connectivity index (χ1n) is 9.14. The predicted molar refractivity (Wildman–Crippen MR) is 108 cm³/mol. The summed E-state index contributed by atoms with van der Waals surface area (Å²) in [5, 5.41) is 6.11. The Bertz CT molecular complexity index is 954. The molecule has 1 aromatic carbocycles. The minimum absolute atomic E-state index is 0.299. The molecule has 0 atom stereocenters. The zero-order chi connectivity index (χ0) is 18.9. The fraction of sp³-hybridized carbons (Fsp3) is 0.368. The van der Waals surface area contributed by atoms with E-state index in [2.05, 4.69) is 41.9 Å². The highest BCUT2D eigenvalue weighted by atomic mass is 79.9. The van der Waals surface area contributed by atoms with Gasteiger partial charge in [0.15, 0.2) is 11.5 Å². The minimum Gasteiger partial charge on any atom is -0.454 e. The van der Waals surface area contributed by atoms with Gasteiger partial charge in [-0.3, -0.25) is 9.80 Å². The van der Waals surface area contributed by atoms with Crippen molar-refractivity contribution in [2.45, 2.75) is 13.1 Å². The summed E-state index contributed by atoms with van der Waals surface area (Å²) in [6, 6.07) is 8.07. The third-order valence-corrected chi connectivity index (χ3v) is 6.57. The van der Waals surface area contributed by atoms with Gasteiger partial charge in [0.1, 0.15) is 0 Å². The summed E-state index contributed by atoms with van der Waals surface area (Å²) in [4.78, 5) is 10.4. The summed E-state index contributed by atoms with van der Waals surface area (Å²) < 4.78 is 17.4. The van der Waals surface area contributed by atoms with Crippen molar-refractivity contribution in [2.75, 3.05) is 33.0 Å². The highest BCUT2D eigenvalue weighted by Crippen LogP contribution is 2.37. The van der Waals surface area contributed by atoms with Crippen LogP contribution < -0.4 is 9.47 Å². The summed E-state index contributed by atoms with van der Waals surface area (Å²) in [7, 11) is 0. The lowest BCUT2D eigenvalue weighted by Gasteiger charge is -2.34. The van der Waals surface area contributed by atoms with Crippen LogP contribution in [0.15, 0.2) is 38.6 Å². The van der Waals surface area contributed by atoms with E-state index < -0.39 is 0 Å². The van der Waals surface area contributed by atoms with Gasteiger partial charge in [0.2, 0.25) is 18.5 Å². The zero-order valence-electron chi connectivity index (χ0n) is 15.1. The number of piperazine rings is 1. The van der Waals surface area contributed by atoms with Gasteiger partial charge in [0.05, 0.1) is 11.4 Å². The van der Waals surface area contributed by atoms with Crippen molar-refractivity contribution in [1.29, 1.82) is 0 Å². The lowest BCUT2D eigenvalue weighted by atomic mass is 10.1. The molecule has 1 fully saturated rings. The van der Waals surface area contributed by atoms with Crippen molar-refractivity contribution in [1.82, 2.24) is 19.9 Å². The number of halogens is 1. The van der Waals surface area contributed by atoms with E-state index in [0.717, 1.165) is 53.6 Å². The van der Waals surface area contributed by atoms with E-state index in [1.807, 2.05) is 23.6 Å². The predicted octanol–water partition coefficient (Wildman–Crippen LogP) is 3.61. The summed E-state index contributed by atoms with van der Waals surface area (Å²) in [6.45, 7) is 5.80. The van der Waals surface area contributed by atoms with Crippen molar-refractivity contribution < 1.29 is 14.0 Å². The highest BCUT2D eigenvalue weighted by Gasteiger charge is 2.22. The monoisotopic (exact) mass is 462 g/mol. The molecule has 5 rings (SSSR count). The number of hydrogen-bond donors (Lipinski definition) is 0. The van der Waals surface area contributed by atoms with Crippen LogP contribution in [0.5, 0.6) is 11.5 Å². The van der Waals surface area contributed by atoms with Gasteiger partial charge in [0.25, 0.3) is 0 Å². The molecule has 9 heteroatoms. The van der Waals surface area contributed by atoms with Gasteiger partial charge < -0.3 is 14.0 Å². The summed E-state index contributed by atoms with van der Waals surface area (Å²) in [6.07, 6.45) is 0. The van der Waals surface area contributed by atoms with Crippen molar-refractivity contribution >= 4 is 27.3 Å². The molecule has 0 aliphatic carbocycles. The molecule has 2 aliphatic heterocycles. The number of fused-ring (bicyclic) bond motifs is 1. The van der Waals surface area contributed by atoms with Crippen LogP contribution in [0.2, 0.25) is 0 Å². The summed E-state index contributed by atoms with van der Waals surface area (Å²) >= 11 is 5.27. The average Bonchev–Trinajstić information content (AvgIpc) is 3.44. The molecule has 0 amide bonds. The molecule has 146 valence electrons. The third kappa shape index (κ3) is 3.80. The quantitative estimate of drug-likeness (QED) is 0.573. The van der Waals surface area contributed by atoms with Crippen LogP contribution >= 0.6 is 27.3 Å². The van der Waals surface area contributed by atoms with Crippen LogP contribution in [-0.4, -0.2) is 52.9 Å². The molecule has 0 N–H and O–H groups in total. The Balaban J connectivity index is 1.16. The molecular weight excluding hydrogens is 444 g/mol. The van der Waals surface area contributed by atoms with E-state index in [1.165, 1.54) is 5.56 Å². The van der Waals surface area contributed by atoms with Crippen molar-refractivity contribution in [3.63, 3.8) is 0 Å². The van der Waals surface area contributed by atoms with Crippen molar-refractivity contribution in [3.05, 3.63) is 45.6 Å². The summed E-state index contributed by atoms with van der Waals surface area (Å²) in [5.41, 5.74) is 1.22. The van der Waals surface area contributed by atoms with Gasteiger partial charge >= 0.3 is 0 Å². The van der Waals surface area contributed by atoms with Crippen molar-refractivity contribution in [2.24, 2.45) is 0 Å². The van der Waals surface area contributed by atoms with E-state index in [-0.39, 0.29) is 0 Å². The van der Waals surface area contributed by atoms with Crippen LogP contribution in [0.3, 0.4) is 0 Å². The standard InChI is InChI=1S/C19H19BrN4O3S/c20-14-9-16-15(25-12-26-16)8-13(14)10-23-3-5-24(6-4-23)11-18-21-19(22-27-18)17-2-1-7-28-17/h1-2,7-9H,3-6,10-12H2. The van der Waals surface area contributed by atoms with Gasteiger partial charge in [-0.05, 0) is 29.1 Å². The number of thiophene rings is 1. The van der Waals surface area contributed by atoms with Crippen LogP contribution in [0.1, 0.15) is 11.5 Å². The normalized spacial score (nSPS) is 17.3. The first-order valence-corrected chi connectivity index (χ1v) is 10.8. The Labute approximate surface area is 175 Å². The summed E-state index contributed by atoms with van der Waals surface area (Å²) in [5.74, 6) is 2.99. The highest BCUT2D eigenvalue weighted by molar-refractivity contribution is 9.10. The zero-order valence-corrected chi connectivity index (χ0v) is 17.5. The van der Waals surface area contributed by atoms with E-state index in [1.54, 1.807) is 11.3 Å². The lowest BCUT2D eigenvalue weighted by Crippen LogP contribution is -2.45. The maximum atomic E-state index is 5.50. The van der Waals surface area contributed by atoms with Gasteiger partial charge in [-0.2, -0.15) is 4.98 Å². The first-order chi connectivity index (χ1) is 13.7. The van der Waals surface area contributed by atoms with Crippen LogP contribution in [-0.2, 0) is 13.1 Å². The molecule has 28 heavy (non-hydrogen) atoms. The maximum Gasteiger partial charge on any atom is 0.241 e. The van der Waals surface area contributed by atoms with Gasteiger partial charge in [-0.15, -0.1) is 11.3 Å². The SMILES string of the molecule is Brc1cc2c(cc1CN1CCN(Cc3nc(-c4cccs4)no3)CC1)OCO2. The second-order valence-corrected chi connectivity index (χ2v) is 8.64. The first kappa shape index (κ1) is 18.1. The second kappa shape index (κ2) is 7.82. The number of ether oxygens (including phenoxy) is 2. The van der Waals surface area contributed by atoms with E-state index in [9.17, 15) is 0 Å². The van der Waals surface area contributed by atoms with Crippen LogP contribution in [0, 0.1) is 0 Å². The van der Waals surface area contributed by atoms with E-state index in [4.69, 9.17) is 14.0 Å². The Morgan fingerprint density at radius 3 is 2.54 bits per heavy atom. The van der Waals surface area contributed by atoms with Crippen LogP contribution in [0.25, 0.3) is 10.7 Å². The number of hydrogen-bond acceptors (Lipinski definition) is 8. The number of benzene rings is 1. The largest absolute Gasteiger partial charge is 0.454 e. The van der Waals surface area contributed by atoms with Crippen LogP contribution in [0.4, 0.5) is 0 Å². The average molecular weight is 463 g/mol. The fourth-order valence-corrected chi connectivity index (χ4v) is 4.54. The molecule has 4 heterocycles. The van der Waals surface area contributed by atoms with E-state index in [0.29, 0.717) is 25.1 Å².